The van der Waals surface area contributed by atoms with Crippen LogP contribution in [-0.4, -0.2) is 43.8 Å². The van der Waals surface area contributed by atoms with E-state index >= 15 is 0 Å². The topological polar surface area (TPSA) is 87.4 Å². The Hall–Kier alpha value is -0.640. The third kappa shape index (κ3) is 1.94. The van der Waals surface area contributed by atoms with E-state index < -0.39 is 27.0 Å². The smallest absolute Gasteiger partial charge is 0.152 e. The largest absolute Gasteiger partial charge is 0.385 e. The van der Waals surface area contributed by atoms with E-state index in [1.54, 1.807) is 0 Å². The van der Waals surface area contributed by atoms with Gasteiger partial charge in [0.15, 0.2) is 9.84 Å². The number of hydrogen-bond acceptors (Lipinski definition) is 5. The Labute approximate surface area is 108 Å². The predicted octanol–water partition coefficient (Wildman–Crippen LogP) is 0.635. The summed E-state index contributed by atoms with van der Waals surface area (Å²) in [6, 6.07) is 2.10. The van der Waals surface area contributed by atoms with E-state index in [4.69, 9.17) is 4.74 Å². The molecule has 0 amide bonds. The van der Waals surface area contributed by atoms with Crippen LogP contribution < -0.4 is 0 Å². The van der Waals surface area contributed by atoms with Crippen LogP contribution in [-0.2, 0) is 14.6 Å². The van der Waals surface area contributed by atoms with E-state index in [0.717, 1.165) is 12.8 Å². The lowest BCUT2D eigenvalue weighted by atomic mass is 9.64. The number of hydrogen-bond donors (Lipinski definition) is 1. The standard InChI is InChI=1S/C12H19NO4S/c1-17-10-4-2-3-5-12(10,14)11(8-13)6-7-18(15,16)9-11/h10,14H,2-7,9H2,1H3. The zero-order chi connectivity index (χ0) is 13.4. The summed E-state index contributed by atoms with van der Waals surface area (Å²) in [7, 11) is -1.71. The molecule has 2 fully saturated rings. The van der Waals surface area contributed by atoms with E-state index in [1.807, 2.05) is 0 Å². The Morgan fingerprint density at radius 2 is 2.11 bits per heavy atom. The Bertz CT molecular complexity index is 469. The molecule has 1 saturated carbocycles. The highest BCUT2D eigenvalue weighted by Gasteiger charge is 2.60. The molecule has 1 saturated heterocycles. The van der Waals surface area contributed by atoms with Gasteiger partial charge in [0.25, 0.3) is 0 Å². The maximum Gasteiger partial charge on any atom is 0.152 e. The molecule has 1 aliphatic heterocycles. The minimum Gasteiger partial charge on any atom is -0.385 e. The van der Waals surface area contributed by atoms with E-state index in [-0.39, 0.29) is 17.9 Å². The summed E-state index contributed by atoms with van der Waals surface area (Å²) in [4.78, 5) is 0. The second kappa shape index (κ2) is 4.48. The molecule has 0 aromatic heterocycles. The highest BCUT2D eigenvalue weighted by molar-refractivity contribution is 7.91. The first-order valence-electron chi connectivity index (χ1n) is 6.26. The molecule has 1 aliphatic carbocycles. The van der Waals surface area contributed by atoms with Crippen LogP contribution in [0.1, 0.15) is 32.1 Å². The molecule has 5 nitrogen and oxygen atoms in total. The molecule has 1 heterocycles. The van der Waals surface area contributed by atoms with Crippen LogP contribution in [0.25, 0.3) is 0 Å². The third-order valence-electron chi connectivity index (χ3n) is 4.44. The van der Waals surface area contributed by atoms with Gasteiger partial charge in [-0.15, -0.1) is 0 Å². The highest BCUT2D eigenvalue weighted by Crippen LogP contribution is 2.49. The van der Waals surface area contributed by atoms with Gasteiger partial charge in [-0.25, -0.2) is 8.42 Å². The molecule has 18 heavy (non-hydrogen) atoms. The minimum atomic E-state index is -3.22. The Morgan fingerprint density at radius 1 is 1.39 bits per heavy atom. The molecule has 0 aromatic rings. The van der Waals surface area contributed by atoms with Crippen LogP contribution >= 0.6 is 0 Å². The number of nitriles is 1. The van der Waals surface area contributed by atoms with Crippen molar-refractivity contribution in [2.75, 3.05) is 18.6 Å². The van der Waals surface area contributed by atoms with Crippen LogP contribution in [0.2, 0.25) is 0 Å². The fourth-order valence-electron chi connectivity index (χ4n) is 3.36. The fourth-order valence-corrected chi connectivity index (χ4v) is 5.37. The molecule has 3 unspecified atom stereocenters. The summed E-state index contributed by atoms with van der Waals surface area (Å²) in [6.07, 6.45) is 2.63. The zero-order valence-corrected chi connectivity index (χ0v) is 11.4. The molecule has 0 spiro atoms. The van der Waals surface area contributed by atoms with Gasteiger partial charge in [-0.05, 0) is 19.3 Å². The summed E-state index contributed by atoms with van der Waals surface area (Å²) in [5, 5.41) is 20.4. The van der Waals surface area contributed by atoms with Gasteiger partial charge in [0, 0.05) is 7.11 Å². The molecule has 102 valence electrons. The van der Waals surface area contributed by atoms with Gasteiger partial charge < -0.3 is 9.84 Å². The average molecular weight is 273 g/mol. The normalized spacial score (nSPS) is 43.5. The number of rotatable bonds is 2. The highest BCUT2D eigenvalue weighted by atomic mass is 32.2. The zero-order valence-electron chi connectivity index (χ0n) is 10.6. The van der Waals surface area contributed by atoms with Crippen molar-refractivity contribution in [1.82, 2.24) is 0 Å². The summed E-state index contributed by atoms with van der Waals surface area (Å²) in [5.41, 5.74) is -2.54. The monoisotopic (exact) mass is 273 g/mol. The number of methoxy groups -OCH3 is 1. The minimum absolute atomic E-state index is 0.0146. The molecule has 1 N–H and O–H groups in total. The fraction of sp³-hybridized carbons (Fsp3) is 0.917. The third-order valence-corrected chi connectivity index (χ3v) is 6.20. The van der Waals surface area contributed by atoms with Crippen molar-refractivity contribution < 1.29 is 18.3 Å². The van der Waals surface area contributed by atoms with E-state index in [0.29, 0.717) is 12.8 Å². The molecular formula is C12H19NO4S. The van der Waals surface area contributed by atoms with E-state index in [2.05, 4.69) is 6.07 Å². The molecule has 0 bridgehead atoms. The van der Waals surface area contributed by atoms with Crippen LogP contribution in [0.5, 0.6) is 0 Å². The van der Waals surface area contributed by atoms with Crippen LogP contribution in [0.3, 0.4) is 0 Å². The van der Waals surface area contributed by atoms with Crippen molar-refractivity contribution in [3.63, 3.8) is 0 Å². The average Bonchev–Trinajstić information content (AvgIpc) is 2.67. The lowest BCUT2D eigenvalue weighted by Crippen LogP contribution is -2.58. The lowest BCUT2D eigenvalue weighted by Gasteiger charge is -2.47. The Balaban J connectivity index is 2.40. The number of sulfone groups is 1. The lowest BCUT2D eigenvalue weighted by molar-refractivity contribution is -0.164. The van der Waals surface area contributed by atoms with E-state index in [1.165, 1.54) is 7.11 Å². The number of nitrogens with zero attached hydrogens (tertiary/aromatic N) is 1. The molecular weight excluding hydrogens is 254 g/mol. The second-order valence-electron chi connectivity index (χ2n) is 5.43. The molecule has 6 heteroatoms. The predicted molar refractivity (Wildman–Crippen MR) is 65.5 cm³/mol. The van der Waals surface area contributed by atoms with Crippen molar-refractivity contribution in [2.24, 2.45) is 5.41 Å². The van der Waals surface area contributed by atoms with Gasteiger partial charge in [0.05, 0.1) is 23.7 Å². The quantitative estimate of drug-likeness (QED) is 0.797. The van der Waals surface area contributed by atoms with Crippen LogP contribution in [0, 0.1) is 16.7 Å². The first kappa shape index (κ1) is 13.8. The maximum absolute atomic E-state index is 11.7. The van der Waals surface area contributed by atoms with Crippen molar-refractivity contribution in [2.45, 2.75) is 43.8 Å². The van der Waals surface area contributed by atoms with Gasteiger partial charge in [0.1, 0.15) is 11.0 Å². The summed E-state index contributed by atoms with van der Waals surface area (Å²) >= 11 is 0. The molecule has 3 atom stereocenters. The number of aliphatic hydroxyl groups is 1. The first-order valence-corrected chi connectivity index (χ1v) is 8.08. The maximum atomic E-state index is 11.7. The van der Waals surface area contributed by atoms with Gasteiger partial charge in [-0.1, -0.05) is 12.8 Å². The number of ether oxygens (including phenoxy) is 1. The van der Waals surface area contributed by atoms with Gasteiger partial charge in [-0.3, -0.25) is 0 Å². The first-order chi connectivity index (χ1) is 8.39. The van der Waals surface area contributed by atoms with Crippen LogP contribution in [0.4, 0.5) is 0 Å². The van der Waals surface area contributed by atoms with Gasteiger partial charge in [0.2, 0.25) is 0 Å². The van der Waals surface area contributed by atoms with Gasteiger partial charge >= 0.3 is 0 Å². The molecule has 0 aromatic carbocycles. The molecule has 2 rings (SSSR count). The molecule has 2 aliphatic rings. The van der Waals surface area contributed by atoms with Crippen molar-refractivity contribution >= 4 is 9.84 Å². The van der Waals surface area contributed by atoms with E-state index in [9.17, 15) is 18.8 Å². The Kier molecular flexibility index (Phi) is 3.43. The van der Waals surface area contributed by atoms with Gasteiger partial charge in [-0.2, -0.15) is 5.26 Å². The summed E-state index contributed by atoms with van der Waals surface area (Å²) < 4.78 is 28.7. The van der Waals surface area contributed by atoms with Crippen molar-refractivity contribution in [3.05, 3.63) is 0 Å². The molecule has 0 radical (unpaired) electrons. The van der Waals surface area contributed by atoms with Crippen molar-refractivity contribution in [1.29, 1.82) is 5.26 Å². The second-order valence-corrected chi connectivity index (χ2v) is 7.61. The SMILES string of the molecule is COC1CCCCC1(O)C1(C#N)CCS(=O)(=O)C1. The summed E-state index contributed by atoms with van der Waals surface area (Å²) in [6.45, 7) is 0. The van der Waals surface area contributed by atoms with Crippen molar-refractivity contribution in [3.8, 4) is 6.07 Å². The summed E-state index contributed by atoms with van der Waals surface area (Å²) in [5.74, 6) is -0.258. The van der Waals surface area contributed by atoms with Crippen LogP contribution in [0.15, 0.2) is 0 Å². The Morgan fingerprint density at radius 3 is 2.61 bits per heavy atom.